The van der Waals surface area contributed by atoms with Crippen molar-refractivity contribution in [2.45, 2.75) is 46.0 Å². The van der Waals surface area contributed by atoms with Crippen LogP contribution < -0.4 is 10.6 Å². The first kappa shape index (κ1) is 15.5. The highest BCUT2D eigenvalue weighted by Gasteiger charge is 2.26. The highest BCUT2D eigenvalue weighted by molar-refractivity contribution is 5.94. The van der Waals surface area contributed by atoms with Crippen LogP contribution in [-0.4, -0.2) is 29.6 Å². The van der Waals surface area contributed by atoms with E-state index in [-0.39, 0.29) is 12.8 Å². The molecule has 0 radical (unpaired) electrons. The van der Waals surface area contributed by atoms with Gasteiger partial charge in [-0.05, 0) is 17.8 Å². The van der Waals surface area contributed by atoms with Gasteiger partial charge < -0.3 is 10.4 Å². The van der Waals surface area contributed by atoms with Crippen LogP contribution in [0.2, 0.25) is 0 Å². The van der Waals surface area contributed by atoms with Crippen molar-refractivity contribution in [2.75, 3.05) is 6.54 Å². The number of urea groups is 1. The minimum atomic E-state index is -0.952. The maximum absolute atomic E-state index is 11.6. The molecule has 3 amide bonds. The average molecular weight is 270 g/mol. The number of carboxylic acid groups (broad SMARTS) is 1. The van der Waals surface area contributed by atoms with Crippen LogP contribution in [0.1, 0.15) is 46.0 Å². The Balaban J connectivity index is 2.20. The summed E-state index contributed by atoms with van der Waals surface area (Å²) in [6.07, 6.45) is 3.31. The molecule has 0 unspecified atom stereocenters. The quantitative estimate of drug-likeness (QED) is 0.653. The van der Waals surface area contributed by atoms with Gasteiger partial charge in [0.2, 0.25) is 5.91 Å². The lowest BCUT2D eigenvalue weighted by atomic mass is 9.85. The van der Waals surface area contributed by atoms with Crippen molar-refractivity contribution in [1.29, 1.82) is 0 Å². The summed E-state index contributed by atoms with van der Waals surface area (Å²) in [5.74, 6) is -0.674. The number of carboxylic acids is 1. The highest BCUT2D eigenvalue weighted by atomic mass is 16.4. The summed E-state index contributed by atoms with van der Waals surface area (Å²) in [5.41, 5.74) is -0.662. The van der Waals surface area contributed by atoms with Gasteiger partial charge in [-0.15, -0.1) is 0 Å². The van der Waals surface area contributed by atoms with Crippen molar-refractivity contribution in [3.05, 3.63) is 0 Å². The smallest absolute Gasteiger partial charge is 0.321 e. The van der Waals surface area contributed by atoms with E-state index < -0.39 is 23.3 Å². The van der Waals surface area contributed by atoms with Gasteiger partial charge in [0, 0.05) is 13.0 Å². The van der Waals surface area contributed by atoms with Gasteiger partial charge in [0.15, 0.2) is 0 Å². The normalized spacial score (nSPS) is 14.8. The lowest BCUT2D eigenvalue weighted by Gasteiger charge is -2.21. The number of carbonyl (C=O) groups excluding carboxylic acids is 2. The Kier molecular flexibility index (Phi) is 5.32. The Morgan fingerprint density at radius 1 is 1.21 bits per heavy atom. The maximum atomic E-state index is 11.6. The minimum absolute atomic E-state index is 0.00927. The second kappa shape index (κ2) is 6.54. The van der Waals surface area contributed by atoms with Crippen LogP contribution in [0.25, 0.3) is 0 Å². The molecule has 19 heavy (non-hydrogen) atoms. The predicted molar refractivity (Wildman–Crippen MR) is 69.5 cm³/mol. The monoisotopic (exact) mass is 270 g/mol. The van der Waals surface area contributed by atoms with Crippen molar-refractivity contribution in [1.82, 2.24) is 10.6 Å². The van der Waals surface area contributed by atoms with E-state index >= 15 is 0 Å². The van der Waals surface area contributed by atoms with Crippen LogP contribution >= 0.6 is 0 Å². The van der Waals surface area contributed by atoms with Crippen molar-refractivity contribution in [3.63, 3.8) is 0 Å². The second-order valence-corrected chi connectivity index (χ2v) is 5.95. The number of rotatable bonds is 7. The van der Waals surface area contributed by atoms with Gasteiger partial charge in [-0.3, -0.25) is 14.9 Å². The van der Waals surface area contributed by atoms with E-state index in [1.807, 2.05) is 0 Å². The topological polar surface area (TPSA) is 95.5 Å². The molecular weight excluding hydrogens is 248 g/mol. The fourth-order valence-corrected chi connectivity index (χ4v) is 1.92. The lowest BCUT2D eigenvalue weighted by Crippen LogP contribution is -2.41. The van der Waals surface area contributed by atoms with Gasteiger partial charge in [0.05, 0.1) is 6.42 Å². The molecule has 0 bridgehead atoms. The molecule has 0 spiro atoms. The van der Waals surface area contributed by atoms with Crippen molar-refractivity contribution in [3.8, 4) is 0 Å². The summed E-state index contributed by atoms with van der Waals surface area (Å²) in [6, 6.07) is -0.503. The summed E-state index contributed by atoms with van der Waals surface area (Å²) in [5, 5.41) is 13.6. The minimum Gasteiger partial charge on any atom is -0.481 e. The van der Waals surface area contributed by atoms with Crippen LogP contribution in [0.15, 0.2) is 0 Å². The largest absolute Gasteiger partial charge is 0.481 e. The van der Waals surface area contributed by atoms with Gasteiger partial charge in [0.1, 0.15) is 0 Å². The maximum Gasteiger partial charge on any atom is 0.321 e. The molecule has 0 saturated heterocycles. The predicted octanol–water partition coefficient (Wildman–Crippen LogP) is 1.50. The number of imide groups is 1. The summed E-state index contributed by atoms with van der Waals surface area (Å²) in [7, 11) is 0. The van der Waals surface area contributed by atoms with Crippen LogP contribution in [0, 0.1) is 11.3 Å². The van der Waals surface area contributed by atoms with E-state index in [0.717, 1.165) is 12.3 Å². The molecule has 3 N–H and O–H groups in total. The fourth-order valence-electron chi connectivity index (χ4n) is 1.92. The Labute approximate surface area is 112 Å². The Morgan fingerprint density at radius 3 is 2.37 bits per heavy atom. The summed E-state index contributed by atoms with van der Waals surface area (Å²) < 4.78 is 0. The number of amides is 3. The van der Waals surface area contributed by atoms with Crippen LogP contribution in [0.3, 0.4) is 0 Å². The number of aliphatic carboxylic acids is 1. The van der Waals surface area contributed by atoms with Crippen LogP contribution in [0.5, 0.6) is 0 Å². The number of nitrogens with one attached hydrogen (secondary N) is 2. The van der Waals surface area contributed by atoms with E-state index in [1.54, 1.807) is 13.8 Å². The molecule has 1 fully saturated rings. The van der Waals surface area contributed by atoms with Crippen molar-refractivity contribution >= 4 is 17.9 Å². The zero-order chi connectivity index (χ0) is 14.5. The Hall–Kier alpha value is -1.59. The first-order valence-corrected chi connectivity index (χ1v) is 6.58. The summed E-state index contributed by atoms with van der Waals surface area (Å²) >= 11 is 0. The van der Waals surface area contributed by atoms with Gasteiger partial charge in [-0.1, -0.05) is 26.7 Å². The molecule has 1 aliphatic carbocycles. The summed E-state index contributed by atoms with van der Waals surface area (Å²) in [4.78, 5) is 33.6. The molecule has 1 aliphatic rings. The Morgan fingerprint density at radius 2 is 1.84 bits per heavy atom. The zero-order valence-electron chi connectivity index (χ0n) is 11.5. The average Bonchev–Trinajstić information content (AvgIpc) is 2.97. The van der Waals surface area contributed by atoms with E-state index in [1.165, 1.54) is 12.8 Å². The molecule has 1 saturated carbocycles. The van der Waals surface area contributed by atoms with Crippen molar-refractivity contribution < 1.29 is 19.5 Å². The molecule has 0 aromatic carbocycles. The fraction of sp³-hybridized carbons (Fsp3) is 0.769. The summed E-state index contributed by atoms with van der Waals surface area (Å²) in [6.45, 7) is 3.94. The SMILES string of the molecule is CC(C)(CC(=O)O)CC(=O)NC(=O)NCCC1CC1. The van der Waals surface area contributed by atoms with Crippen LogP contribution in [0.4, 0.5) is 4.79 Å². The zero-order valence-corrected chi connectivity index (χ0v) is 11.5. The van der Waals surface area contributed by atoms with E-state index in [0.29, 0.717) is 6.54 Å². The highest BCUT2D eigenvalue weighted by Crippen LogP contribution is 2.31. The molecule has 0 aromatic heterocycles. The number of hydrogen-bond donors (Lipinski definition) is 3. The molecule has 6 nitrogen and oxygen atoms in total. The third-order valence-electron chi connectivity index (χ3n) is 3.06. The van der Waals surface area contributed by atoms with E-state index in [9.17, 15) is 14.4 Å². The van der Waals surface area contributed by atoms with Gasteiger partial charge in [-0.25, -0.2) is 4.79 Å². The van der Waals surface area contributed by atoms with Crippen LogP contribution in [-0.2, 0) is 9.59 Å². The van der Waals surface area contributed by atoms with E-state index in [2.05, 4.69) is 10.6 Å². The van der Waals surface area contributed by atoms with E-state index in [4.69, 9.17) is 5.11 Å². The van der Waals surface area contributed by atoms with Gasteiger partial charge >= 0.3 is 12.0 Å². The molecule has 0 aromatic rings. The first-order valence-electron chi connectivity index (χ1n) is 6.58. The molecular formula is C13H22N2O4. The molecule has 0 aliphatic heterocycles. The third-order valence-corrected chi connectivity index (χ3v) is 3.06. The number of carbonyl (C=O) groups is 3. The van der Waals surface area contributed by atoms with Gasteiger partial charge in [-0.2, -0.15) is 0 Å². The Bertz CT molecular complexity index is 362. The second-order valence-electron chi connectivity index (χ2n) is 5.95. The molecule has 1 rings (SSSR count). The molecule has 0 atom stereocenters. The van der Waals surface area contributed by atoms with Crippen molar-refractivity contribution in [2.24, 2.45) is 11.3 Å². The molecule has 6 heteroatoms. The molecule has 0 heterocycles. The lowest BCUT2D eigenvalue weighted by molar-refractivity contribution is -0.139. The van der Waals surface area contributed by atoms with Gasteiger partial charge in [0.25, 0.3) is 0 Å². The number of hydrogen-bond acceptors (Lipinski definition) is 3. The third kappa shape index (κ3) is 7.43. The first-order chi connectivity index (χ1) is 8.78. The standard InChI is InChI=1S/C13H22N2O4/c1-13(2,8-11(17)18)7-10(16)15-12(19)14-6-5-9-3-4-9/h9H,3-8H2,1-2H3,(H,17,18)(H2,14,15,16,19). The molecule has 108 valence electrons.